The lowest BCUT2D eigenvalue weighted by atomic mass is 10.0. The van der Waals surface area contributed by atoms with Crippen molar-refractivity contribution >= 4 is 39.4 Å². The number of hydrogen-bond acceptors (Lipinski definition) is 6. The fraction of sp³-hybridized carbons (Fsp3) is 0.292. The van der Waals surface area contributed by atoms with E-state index in [0.717, 1.165) is 53.1 Å². The molecule has 4 rings (SSSR count). The lowest BCUT2D eigenvalue weighted by Crippen LogP contribution is -2.48. The Labute approximate surface area is 197 Å². The van der Waals surface area contributed by atoms with E-state index >= 15 is 0 Å². The van der Waals surface area contributed by atoms with Gasteiger partial charge in [0.25, 0.3) is 0 Å². The summed E-state index contributed by atoms with van der Waals surface area (Å²) in [6.45, 7) is 8.20. The zero-order valence-corrected chi connectivity index (χ0v) is 19.6. The van der Waals surface area contributed by atoms with E-state index in [2.05, 4.69) is 39.2 Å². The molecule has 33 heavy (non-hydrogen) atoms. The molecular weight excluding hydrogens is 432 g/mol. The zero-order chi connectivity index (χ0) is 23.4. The average Bonchev–Trinajstić information content (AvgIpc) is 3.22. The molecule has 1 aromatic carbocycles. The third-order valence-corrected chi connectivity index (χ3v) is 6.27. The number of fused-ring (bicyclic) bond motifs is 1. The summed E-state index contributed by atoms with van der Waals surface area (Å²) in [5, 5.41) is 21.1. The van der Waals surface area contributed by atoms with Crippen molar-refractivity contribution in [1.29, 1.82) is 10.8 Å². The summed E-state index contributed by atoms with van der Waals surface area (Å²) < 4.78 is 2.03. The maximum atomic E-state index is 8.11. The van der Waals surface area contributed by atoms with Crippen LogP contribution in [0.4, 0.5) is 0 Å². The molecular formula is C24H28N8S. The molecule has 0 atom stereocenters. The molecule has 0 radical (unpaired) electrons. The van der Waals surface area contributed by atoms with Gasteiger partial charge in [0.05, 0.1) is 11.7 Å². The molecule has 1 fully saturated rings. The van der Waals surface area contributed by atoms with Crippen LogP contribution in [0.25, 0.3) is 22.0 Å². The van der Waals surface area contributed by atoms with Gasteiger partial charge in [-0.25, -0.2) is 4.99 Å². The largest absolute Gasteiger partial charge is 0.384 e. The first-order valence-electron chi connectivity index (χ1n) is 10.9. The Morgan fingerprint density at radius 1 is 1.21 bits per heavy atom. The molecule has 0 amide bonds. The number of benzene rings is 1. The summed E-state index contributed by atoms with van der Waals surface area (Å²) in [6.07, 6.45) is 8.94. The van der Waals surface area contributed by atoms with Crippen LogP contribution < -0.4 is 5.73 Å². The van der Waals surface area contributed by atoms with Crippen molar-refractivity contribution in [3.8, 4) is 11.1 Å². The number of allylic oxidation sites excluding steroid dienone is 1. The number of pyridine rings is 1. The highest BCUT2D eigenvalue weighted by Crippen LogP contribution is 2.27. The molecule has 170 valence electrons. The number of hydrogen-bond donors (Lipinski definition) is 3. The number of aromatic nitrogens is 3. The van der Waals surface area contributed by atoms with Crippen LogP contribution >= 0.6 is 11.8 Å². The molecule has 1 aliphatic heterocycles. The normalized spacial score (nSPS) is 15.3. The number of thioether (sulfide) groups is 1. The van der Waals surface area contributed by atoms with Crippen molar-refractivity contribution in [2.75, 3.05) is 19.6 Å². The molecule has 0 unspecified atom stereocenters. The Hall–Kier alpha value is -3.30. The number of nitrogens with zero attached hydrogens (tertiary/aromatic N) is 5. The molecule has 9 heteroatoms. The predicted molar refractivity (Wildman–Crippen MR) is 136 cm³/mol. The van der Waals surface area contributed by atoms with E-state index in [1.54, 1.807) is 13.0 Å². The number of aliphatic imine (C=N–C) groups is 1. The van der Waals surface area contributed by atoms with Crippen LogP contribution in [0, 0.1) is 16.7 Å². The van der Waals surface area contributed by atoms with Crippen LogP contribution in [0.15, 0.2) is 64.9 Å². The highest BCUT2D eigenvalue weighted by molar-refractivity contribution is 8.13. The fourth-order valence-corrected chi connectivity index (χ4v) is 4.45. The number of nitrogens with two attached hydrogens (primary N) is 1. The maximum Gasteiger partial charge on any atom is 0.186 e. The number of amidine groups is 2. The number of likely N-dealkylation sites (tertiary alicyclic amines) is 1. The summed E-state index contributed by atoms with van der Waals surface area (Å²) in [5.74, 6) is 0.869. The van der Waals surface area contributed by atoms with Gasteiger partial charge in [-0.1, -0.05) is 18.7 Å². The Morgan fingerprint density at radius 3 is 2.79 bits per heavy atom. The van der Waals surface area contributed by atoms with Crippen molar-refractivity contribution in [3.63, 3.8) is 0 Å². The second-order valence-electron chi connectivity index (χ2n) is 8.21. The van der Waals surface area contributed by atoms with Gasteiger partial charge in [-0.15, -0.1) is 0 Å². The van der Waals surface area contributed by atoms with E-state index in [4.69, 9.17) is 16.6 Å². The standard InChI is InChI=1S/C24H28N8S/c1-3-31-12-17(13-31)14-32-15-20(11-29-32)19-8-18-9-21(5-6-22(18)28-10-19)33-24(27)30-23(26)7-4-16(2)25/h4-11,15,17,25H,3,12-14H2,1-2H3,(H3,26,27,30)/b7-4-,25-16?. The van der Waals surface area contributed by atoms with Crippen LogP contribution in [0.3, 0.4) is 0 Å². The van der Waals surface area contributed by atoms with Gasteiger partial charge < -0.3 is 16.0 Å². The van der Waals surface area contributed by atoms with Crippen molar-refractivity contribution in [3.05, 3.63) is 55.0 Å². The van der Waals surface area contributed by atoms with E-state index in [9.17, 15) is 0 Å². The Balaban J connectivity index is 1.46. The van der Waals surface area contributed by atoms with Crippen LogP contribution in [-0.2, 0) is 6.54 Å². The second kappa shape index (κ2) is 10.1. The van der Waals surface area contributed by atoms with Gasteiger partial charge in [0.2, 0.25) is 0 Å². The highest BCUT2D eigenvalue weighted by Gasteiger charge is 2.25. The van der Waals surface area contributed by atoms with E-state index in [1.807, 2.05) is 35.3 Å². The number of rotatable bonds is 7. The average molecular weight is 461 g/mol. The topological polar surface area (TPSA) is 120 Å². The SMILES string of the molecule is CCN1CC(Cn2cc(-c3cnc4ccc(SC(=N)N=C(N)/C=C\C(C)=N)cc4c3)cn2)C1. The Kier molecular flexibility index (Phi) is 7.00. The van der Waals surface area contributed by atoms with Crippen LogP contribution in [0.1, 0.15) is 13.8 Å². The molecule has 0 spiro atoms. The van der Waals surface area contributed by atoms with E-state index in [-0.39, 0.29) is 11.0 Å². The molecule has 0 aliphatic carbocycles. The first kappa shape index (κ1) is 22.9. The first-order valence-corrected chi connectivity index (χ1v) is 11.7. The lowest BCUT2D eigenvalue weighted by molar-refractivity contribution is 0.0917. The smallest absolute Gasteiger partial charge is 0.186 e. The molecule has 1 aliphatic rings. The van der Waals surface area contributed by atoms with Crippen molar-refractivity contribution < 1.29 is 0 Å². The molecule has 2 aromatic heterocycles. The number of nitrogens with one attached hydrogen (secondary N) is 2. The fourth-order valence-electron chi connectivity index (χ4n) is 3.76. The highest BCUT2D eigenvalue weighted by atomic mass is 32.2. The minimum absolute atomic E-state index is 0.0853. The van der Waals surface area contributed by atoms with Gasteiger partial charge in [0, 0.05) is 65.1 Å². The van der Waals surface area contributed by atoms with Gasteiger partial charge in [-0.2, -0.15) is 5.10 Å². The third kappa shape index (κ3) is 5.94. The van der Waals surface area contributed by atoms with Crippen LogP contribution in [0.2, 0.25) is 0 Å². The lowest BCUT2D eigenvalue weighted by Gasteiger charge is -2.38. The first-order chi connectivity index (χ1) is 15.9. The minimum Gasteiger partial charge on any atom is -0.384 e. The van der Waals surface area contributed by atoms with E-state index in [0.29, 0.717) is 11.6 Å². The van der Waals surface area contributed by atoms with Gasteiger partial charge in [-0.05, 0) is 49.9 Å². The maximum absolute atomic E-state index is 8.11. The monoisotopic (exact) mass is 460 g/mol. The summed E-state index contributed by atoms with van der Waals surface area (Å²) >= 11 is 1.22. The van der Waals surface area contributed by atoms with Gasteiger partial charge in [0.1, 0.15) is 5.84 Å². The van der Waals surface area contributed by atoms with Crippen molar-refractivity contribution in [2.45, 2.75) is 25.3 Å². The molecule has 0 saturated carbocycles. The molecule has 4 N–H and O–H groups in total. The van der Waals surface area contributed by atoms with E-state index < -0.39 is 0 Å². The van der Waals surface area contributed by atoms with E-state index in [1.165, 1.54) is 17.8 Å². The second-order valence-corrected chi connectivity index (χ2v) is 9.27. The molecule has 1 saturated heterocycles. The molecule has 3 aromatic rings. The summed E-state index contributed by atoms with van der Waals surface area (Å²) in [5.41, 5.74) is 9.14. The molecule has 8 nitrogen and oxygen atoms in total. The summed E-state index contributed by atoms with van der Waals surface area (Å²) in [7, 11) is 0. The minimum atomic E-state index is 0.0853. The quantitative estimate of drug-likeness (QED) is 0.279. The molecule has 0 bridgehead atoms. The summed E-state index contributed by atoms with van der Waals surface area (Å²) in [4.78, 5) is 12.0. The predicted octanol–water partition coefficient (Wildman–Crippen LogP) is 4.03. The van der Waals surface area contributed by atoms with Crippen LogP contribution in [0.5, 0.6) is 0 Å². The van der Waals surface area contributed by atoms with Crippen molar-refractivity contribution in [2.24, 2.45) is 16.6 Å². The van der Waals surface area contributed by atoms with Gasteiger partial charge >= 0.3 is 0 Å². The zero-order valence-electron chi connectivity index (χ0n) is 18.8. The summed E-state index contributed by atoms with van der Waals surface area (Å²) in [6, 6.07) is 7.98. The third-order valence-electron chi connectivity index (χ3n) is 5.49. The van der Waals surface area contributed by atoms with Crippen molar-refractivity contribution in [1.82, 2.24) is 19.7 Å². The Bertz CT molecular complexity index is 1240. The Morgan fingerprint density at radius 2 is 2.03 bits per heavy atom. The molecule has 3 heterocycles. The van der Waals surface area contributed by atoms with Gasteiger partial charge in [0.15, 0.2) is 5.17 Å². The van der Waals surface area contributed by atoms with Gasteiger partial charge in [-0.3, -0.25) is 15.1 Å². The van der Waals surface area contributed by atoms with Crippen LogP contribution in [-0.4, -0.2) is 56.0 Å².